The Labute approximate surface area is 156 Å². The van der Waals surface area contributed by atoms with Crippen LogP contribution in [0, 0.1) is 6.92 Å². The van der Waals surface area contributed by atoms with Crippen LogP contribution in [0.25, 0.3) is 20.8 Å². The van der Waals surface area contributed by atoms with Crippen molar-refractivity contribution in [3.63, 3.8) is 0 Å². The molecule has 4 rings (SSSR count). The maximum absolute atomic E-state index is 12.5. The second-order valence-corrected chi connectivity index (χ2v) is 7.27. The molecular weight excluding hydrogens is 340 g/mol. The summed E-state index contributed by atoms with van der Waals surface area (Å²) in [6.07, 6.45) is 0.356. The Morgan fingerprint density at radius 2 is 1.69 bits per heavy atom. The van der Waals surface area contributed by atoms with Gasteiger partial charge in [-0.3, -0.25) is 4.79 Å². The van der Waals surface area contributed by atoms with Crippen molar-refractivity contribution in [3.05, 3.63) is 83.9 Å². The number of nitrogens with zero attached hydrogens (tertiary/aromatic N) is 1. The Morgan fingerprint density at radius 3 is 2.50 bits per heavy atom. The first-order valence-corrected chi connectivity index (χ1v) is 9.31. The number of nitrogens with one attached hydrogen (secondary N) is 1. The lowest BCUT2D eigenvalue weighted by atomic mass is 10.1. The first kappa shape index (κ1) is 16.5. The van der Waals surface area contributed by atoms with Crippen molar-refractivity contribution < 1.29 is 4.79 Å². The lowest BCUT2D eigenvalue weighted by Gasteiger charge is -2.09. The Balaban J connectivity index is 1.59. The summed E-state index contributed by atoms with van der Waals surface area (Å²) >= 11 is 1.63. The number of hydrogen-bond acceptors (Lipinski definition) is 3. The maximum Gasteiger partial charge on any atom is 0.228 e. The molecule has 0 unspecified atom stereocenters. The van der Waals surface area contributed by atoms with Crippen LogP contribution >= 0.6 is 11.3 Å². The van der Waals surface area contributed by atoms with Gasteiger partial charge in [-0.25, -0.2) is 4.98 Å². The topological polar surface area (TPSA) is 42.0 Å². The molecule has 0 spiro atoms. The van der Waals surface area contributed by atoms with Gasteiger partial charge >= 0.3 is 0 Å². The minimum absolute atomic E-state index is 0.0255. The van der Waals surface area contributed by atoms with E-state index in [-0.39, 0.29) is 5.91 Å². The molecule has 1 heterocycles. The van der Waals surface area contributed by atoms with Crippen LogP contribution in [0.5, 0.6) is 0 Å². The van der Waals surface area contributed by atoms with Gasteiger partial charge in [-0.05, 0) is 36.8 Å². The number of hydrogen-bond donors (Lipinski definition) is 1. The molecule has 128 valence electrons. The summed E-state index contributed by atoms with van der Waals surface area (Å²) in [7, 11) is 0. The van der Waals surface area contributed by atoms with Crippen LogP contribution in [0.2, 0.25) is 0 Å². The van der Waals surface area contributed by atoms with E-state index in [0.717, 1.165) is 32.0 Å². The molecule has 3 nitrogen and oxygen atoms in total. The Morgan fingerprint density at radius 1 is 0.962 bits per heavy atom. The van der Waals surface area contributed by atoms with Crippen LogP contribution in [0.3, 0.4) is 0 Å². The Hall–Kier alpha value is -2.98. The van der Waals surface area contributed by atoms with Crippen molar-refractivity contribution in [3.8, 4) is 10.6 Å². The number of thiazole rings is 1. The van der Waals surface area contributed by atoms with E-state index >= 15 is 0 Å². The number of carbonyl (C=O) groups excluding carboxylic acids is 1. The SMILES string of the molecule is Cc1ccc(CC(=O)Nc2ccccc2-c2nc3ccccc3s2)cc1. The fourth-order valence-electron chi connectivity index (χ4n) is 2.85. The number of carbonyl (C=O) groups is 1. The standard InChI is InChI=1S/C22H18N2OS/c1-15-10-12-16(13-11-15)14-21(25)23-18-7-3-2-6-17(18)22-24-19-8-4-5-9-20(19)26-22/h2-13H,14H2,1H3,(H,23,25). The highest BCUT2D eigenvalue weighted by Gasteiger charge is 2.12. The van der Waals surface area contributed by atoms with Crippen molar-refractivity contribution in [1.82, 2.24) is 4.98 Å². The first-order chi connectivity index (χ1) is 12.7. The molecule has 0 aliphatic heterocycles. The van der Waals surface area contributed by atoms with Gasteiger partial charge in [0.2, 0.25) is 5.91 Å². The third-order valence-corrected chi connectivity index (χ3v) is 5.28. The molecule has 3 aromatic carbocycles. The minimum atomic E-state index is -0.0255. The van der Waals surface area contributed by atoms with Crippen molar-refractivity contribution in [1.29, 1.82) is 0 Å². The summed E-state index contributed by atoms with van der Waals surface area (Å²) in [5.41, 5.74) is 4.92. The summed E-state index contributed by atoms with van der Waals surface area (Å²) in [5.74, 6) is -0.0255. The normalized spacial score (nSPS) is 10.8. The zero-order valence-corrected chi connectivity index (χ0v) is 15.2. The molecule has 1 aromatic heterocycles. The van der Waals surface area contributed by atoms with E-state index in [2.05, 4.69) is 11.4 Å². The molecule has 0 aliphatic carbocycles. The van der Waals surface area contributed by atoms with Gasteiger partial charge < -0.3 is 5.32 Å². The third-order valence-electron chi connectivity index (χ3n) is 4.21. The highest BCUT2D eigenvalue weighted by Crippen LogP contribution is 2.34. The molecule has 0 saturated heterocycles. The molecule has 1 N–H and O–H groups in total. The fourth-order valence-corrected chi connectivity index (χ4v) is 3.86. The lowest BCUT2D eigenvalue weighted by molar-refractivity contribution is -0.115. The molecular formula is C22H18N2OS. The van der Waals surface area contributed by atoms with E-state index in [4.69, 9.17) is 4.98 Å². The van der Waals surface area contributed by atoms with Gasteiger partial charge in [0.1, 0.15) is 5.01 Å². The summed E-state index contributed by atoms with van der Waals surface area (Å²) in [6, 6.07) is 23.9. The summed E-state index contributed by atoms with van der Waals surface area (Å²) in [5, 5.41) is 3.96. The number of para-hydroxylation sites is 2. The van der Waals surface area contributed by atoms with Crippen LogP contribution in [-0.4, -0.2) is 10.9 Å². The number of rotatable bonds is 4. The lowest BCUT2D eigenvalue weighted by Crippen LogP contribution is -2.15. The van der Waals surface area contributed by atoms with Gasteiger partial charge in [0.15, 0.2) is 0 Å². The summed E-state index contributed by atoms with van der Waals surface area (Å²) in [6.45, 7) is 2.04. The molecule has 0 bridgehead atoms. The number of anilines is 1. The predicted molar refractivity (Wildman–Crippen MR) is 109 cm³/mol. The zero-order valence-electron chi connectivity index (χ0n) is 14.4. The van der Waals surface area contributed by atoms with E-state index in [1.807, 2.05) is 73.7 Å². The van der Waals surface area contributed by atoms with Crippen LogP contribution < -0.4 is 5.32 Å². The monoisotopic (exact) mass is 358 g/mol. The van der Waals surface area contributed by atoms with Gasteiger partial charge in [0, 0.05) is 5.56 Å². The molecule has 0 radical (unpaired) electrons. The molecule has 0 aliphatic rings. The molecule has 0 fully saturated rings. The van der Waals surface area contributed by atoms with E-state index < -0.39 is 0 Å². The van der Waals surface area contributed by atoms with Gasteiger partial charge in [0.05, 0.1) is 22.3 Å². The first-order valence-electron chi connectivity index (χ1n) is 8.49. The number of benzene rings is 3. The van der Waals surface area contributed by atoms with E-state index in [1.165, 1.54) is 5.56 Å². The van der Waals surface area contributed by atoms with Crippen molar-refractivity contribution in [2.24, 2.45) is 0 Å². The summed E-state index contributed by atoms with van der Waals surface area (Å²) < 4.78 is 1.14. The average Bonchev–Trinajstić information content (AvgIpc) is 3.08. The highest BCUT2D eigenvalue weighted by atomic mass is 32.1. The Bertz CT molecular complexity index is 1030. The van der Waals surface area contributed by atoms with E-state index in [0.29, 0.717) is 6.42 Å². The van der Waals surface area contributed by atoms with Crippen LogP contribution in [0.15, 0.2) is 72.8 Å². The molecule has 1 amide bonds. The van der Waals surface area contributed by atoms with Crippen LogP contribution in [-0.2, 0) is 11.2 Å². The minimum Gasteiger partial charge on any atom is -0.325 e. The average molecular weight is 358 g/mol. The fraction of sp³-hybridized carbons (Fsp3) is 0.0909. The molecule has 0 saturated carbocycles. The second kappa shape index (κ2) is 7.10. The third kappa shape index (κ3) is 3.51. The highest BCUT2D eigenvalue weighted by molar-refractivity contribution is 7.21. The van der Waals surface area contributed by atoms with Gasteiger partial charge in [-0.1, -0.05) is 54.1 Å². The molecule has 4 heteroatoms. The number of aryl methyl sites for hydroxylation is 1. The van der Waals surface area contributed by atoms with Gasteiger partial charge in [-0.2, -0.15) is 0 Å². The van der Waals surface area contributed by atoms with Crippen LogP contribution in [0.1, 0.15) is 11.1 Å². The van der Waals surface area contributed by atoms with Crippen molar-refractivity contribution in [2.75, 3.05) is 5.32 Å². The number of amides is 1. The van der Waals surface area contributed by atoms with Crippen LogP contribution in [0.4, 0.5) is 5.69 Å². The zero-order chi connectivity index (χ0) is 17.9. The maximum atomic E-state index is 12.5. The van der Waals surface area contributed by atoms with Crippen molar-refractivity contribution in [2.45, 2.75) is 13.3 Å². The Kier molecular flexibility index (Phi) is 4.50. The quantitative estimate of drug-likeness (QED) is 0.527. The van der Waals surface area contributed by atoms with Crippen molar-refractivity contribution >= 4 is 33.1 Å². The smallest absolute Gasteiger partial charge is 0.228 e. The summed E-state index contributed by atoms with van der Waals surface area (Å²) in [4.78, 5) is 17.2. The number of aromatic nitrogens is 1. The number of fused-ring (bicyclic) bond motifs is 1. The van der Waals surface area contributed by atoms with E-state index in [9.17, 15) is 4.79 Å². The van der Waals surface area contributed by atoms with E-state index in [1.54, 1.807) is 11.3 Å². The van der Waals surface area contributed by atoms with Gasteiger partial charge in [0.25, 0.3) is 0 Å². The van der Waals surface area contributed by atoms with Gasteiger partial charge in [-0.15, -0.1) is 11.3 Å². The predicted octanol–water partition coefficient (Wildman–Crippen LogP) is 5.45. The molecule has 26 heavy (non-hydrogen) atoms. The molecule has 4 aromatic rings. The second-order valence-electron chi connectivity index (χ2n) is 6.24. The molecule has 0 atom stereocenters. The largest absolute Gasteiger partial charge is 0.325 e.